The summed E-state index contributed by atoms with van der Waals surface area (Å²) in [6, 6.07) is 8.60. The predicted molar refractivity (Wildman–Crippen MR) is 75.7 cm³/mol. The highest BCUT2D eigenvalue weighted by atomic mass is 16.2. The van der Waals surface area contributed by atoms with E-state index < -0.39 is 5.91 Å². The Morgan fingerprint density at radius 3 is 2.35 bits per heavy atom. The number of primary amides is 1. The number of nitriles is 1. The SMILES string of the molecule is CC(C)N(CC(N)=O)CC(=O)Nc1ccc(C#N)cc1. The van der Waals surface area contributed by atoms with E-state index in [1.54, 1.807) is 29.2 Å². The summed E-state index contributed by atoms with van der Waals surface area (Å²) >= 11 is 0. The summed E-state index contributed by atoms with van der Waals surface area (Å²) in [4.78, 5) is 24.5. The molecule has 3 N–H and O–H groups in total. The van der Waals surface area contributed by atoms with E-state index in [0.717, 1.165) is 0 Å². The van der Waals surface area contributed by atoms with Crippen LogP contribution in [0.2, 0.25) is 0 Å². The monoisotopic (exact) mass is 274 g/mol. The molecule has 0 atom stereocenters. The van der Waals surface area contributed by atoms with Crippen molar-refractivity contribution in [2.75, 3.05) is 18.4 Å². The van der Waals surface area contributed by atoms with Crippen molar-refractivity contribution in [1.82, 2.24) is 4.90 Å². The summed E-state index contributed by atoms with van der Waals surface area (Å²) in [5.41, 5.74) is 6.28. The first kappa shape index (κ1) is 15.7. The highest BCUT2D eigenvalue weighted by Gasteiger charge is 2.16. The van der Waals surface area contributed by atoms with Crippen molar-refractivity contribution in [2.24, 2.45) is 5.73 Å². The molecule has 1 aromatic rings. The van der Waals surface area contributed by atoms with Gasteiger partial charge in [0.2, 0.25) is 11.8 Å². The van der Waals surface area contributed by atoms with Crippen molar-refractivity contribution < 1.29 is 9.59 Å². The van der Waals surface area contributed by atoms with Crippen LogP contribution in [0.5, 0.6) is 0 Å². The predicted octanol–water partition coefficient (Wildman–Crippen LogP) is 0.692. The fraction of sp³-hybridized carbons (Fsp3) is 0.357. The lowest BCUT2D eigenvalue weighted by Gasteiger charge is -2.24. The minimum Gasteiger partial charge on any atom is -0.369 e. The van der Waals surface area contributed by atoms with E-state index in [0.29, 0.717) is 11.3 Å². The summed E-state index contributed by atoms with van der Waals surface area (Å²) in [5.74, 6) is -0.700. The molecule has 0 unspecified atom stereocenters. The number of nitrogens with zero attached hydrogens (tertiary/aromatic N) is 2. The van der Waals surface area contributed by atoms with E-state index in [4.69, 9.17) is 11.0 Å². The van der Waals surface area contributed by atoms with Crippen LogP contribution >= 0.6 is 0 Å². The zero-order valence-corrected chi connectivity index (χ0v) is 11.6. The largest absolute Gasteiger partial charge is 0.369 e. The molecule has 106 valence electrons. The average molecular weight is 274 g/mol. The number of benzene rings is 1. The molecule has 0 fully saturated rings. The number of carbonyl (C=O) groups excluding carboxylic acids is 2. The van der Waals surface area contributed by atoms with Gasteiger partial charge >= 0.3 is 0 Å². The standard InChI is InChI=1S/C14H18N4O2/c1-10(2)18(8-13(16)19)9-14(20)17-12-5-3-11(7-15)4-6-12/h3-6,10H,8-9H2,1-2H3,(H2,16,19)(H,17,20). The summed E-state index contributed by atoms with van der Waals surface area (Å²) in [5, 5.41) is 11.4. The topological polar surface area (TPSA) is 99.2 Å². The van der Waals surface area contributed by atoms with Crippen molar-refractivity contribution in [3.63, 3.8) is 0 Å². The molecule has 0 spiro atoms. The van der Waals surface area contributed by atoms with E-state index in [-0.39, 0.29) is 25.0 Å². The van der Waals surface area contributed by atoms with Crippen LogP contribution < -0.4 is 11.1 Å². The van der Waals surface area contributed by atoms with Crippen molar-refractivity contribution in [2.45, 2.75) is 19.9 Å². The molecule has 6 nitrogen and oxygen atoms in total. The van der Waals surface area contributed by atoms with Crippen molar-refractivity contribution >= 4 is 17.5 Å². The van der Waals surface area contributed by atoms with Gasteiger partial charge in [-0.15, -0.1) is 0 Å². The van der Waals surface area contributed by atoms with Crippen LogP contribution in [0.25, 0.3) is 0 Å². The summed E-state index contributed by atoms with van der Waals surface area (Å²) in [7, 11) is 0. The third-order valence-electron chi connectivity index (χ3n) is 2.73. The molecular formula is C14H18N4O2. The molecule has 0 aliphatic rings. The Labute approximate surface area is 118 Å². The highest BCUT2D eigenvalue weighted by molar-refractivity contribution is 5.92. The van der Waals surface area contributed by atoms with Crippen LogP contribution in [0.15, 0.2) is 24.3 Å². The maximum Gasteiger partial charge on any atom is 0.238 e. The van der Waals surface area contributed by atoms with Crippen LogP contribution in [0.1, 0.15) is 19.4 Å². The molecule has 1 rings (SSSR count). The molecule has 0 radical (unpaired) electrons. The van der Waals surface area contributed by atoms with Crippen molar-refractivity contribution in [1.29, 1.82) is 5.26 Å². The maximum absolute atomic E-state index is 11.9. The van der Waals surface area contributed by atoms with Gasteiger partial charge in [0, 0.05) is 11.7 Å². The zero-order chi connectivity index (χ0) is 15.1. The lowest BCUT2D eigenvalue weighted by Crippen LogP contribution is -2.43. The molecule has 0 saturated heterocycles. The zero-order valence-electron chi connectivity index (χ0n) is 11.6. The molecule has 0 bridgehead atoms. The first-order valence-electron chi connectivity index (χ1n) is 6.24. The van der Waals surface area contributed by atoms with Gasteiger partial charge in [0.1, 0.15) is 0 Å². The van der Waals surface area contributed by atoms with E-state index in [1.165, 1.54) is 0 Å². The molecular weight excluding hydrogens is 256 g/mol. The van der Waals surface area contributed by atoms with Crippen LogP contribution in [0.4, 0.5) is 5.69 Å². The van der Waals surface area contributed by atoms with Gasteiger partial charge in [-0.05, 0) is 38.1 Å². The number of carbonyl (C=O) groups is 2. The fourth-order valence-electron chi connectivity index (χ4n) is 1.63. The van der Waals surface area contributed by atoms with Crippen molar-refractivity contribution in [3.8, 4) is 6.07 Å². The number of nitrogens with two attached hydrogens (primary N) is 1. The summed E-state index contributed by atoms with van der Waals surface area (Å²) in [6.07, 6.45) is 0. The number of hydrogen-bond donors (Lipinski definition) is 2. The summed E-state index contributed by atoms with van der Waals surface area (Å²) in [6.45, 7) is 3.90. The van der Waals surface area contributed by atoms with Gasteiger partial charge in [-0.1, -0.05) is 0 Å². The van der Waals surface area contributed by atoms with Crippen LogP contribution in [-0.4, -0.2) is 35.8 Å². The second-order valence-electron chi connectivity index (χ2n) is 4.70. The number of anilines is 1. The second-order valence-corrected chi connectivity index (χ2v) is 4.70. The van der Waals surface area contributed by atoms with E-state index in [1.807, 2.05) is 19.9 Å². The quantitative estimate of drug-likeness (QED) is 0.797. The van der Waals surface area contributed by atoms with Gasteiger partial charge in [-0.3, -0.25) is 14.5 Å². The molecule has 6 heteroatoms. The fourth-order valence-corrected chi connectivity index (χ4v) is 1.63. The van der Waals surface area contributed by atoms with Crippen molar-refractivity contribution in [3.05, 3.63) is 29.8 Å². The lowest BCUT2D eigenvalue weighted by atomic mass is 10.2. The molecule has 1 aromatic carbocycles. The molecule has 0 saturated carbocycles. The van der Waals surface area contributed by atoms with Gasteiger partial charge in [-0.2, -0.15) is 5.26 Å². The number of amides is 2. The van der Waals surface area contributed by atoms with Gasteiger partial charge in [0.25, 0.3) is 0 Å². The lowest BCUT2D eigenvalue weighted by molar-refractivity contribution is -0.121. The first-order valence-corrected chi connectivity index (χ1v) is 6.24. The summed E-state index contributed by atoms with van der Waals surface area (Å²) < 4.78 is 0. The van der Waals surface area contributed by atoms with E-state index in [2.05, 4.69) is 5.32 Å². The van der Waals surface area contributed by atoms with Crippen LogP contribution in [0, 0.1) is 11.3 Å². The Balaban J connectivity index is 2.60. The Morgan fingerprint density at radius 2 is 1.90 bits per heavy atom. The van der Waals surface area contributed by atoms with Crippen LogP contribution in [0.3, 0.4) is 0 Å². The van der Waals surface area contributed by atoms with Gasteiger partial charge in [0.15, 0.2) is 0 Å². The molecule has 0 heterocycles. The minimum absolute atomic E-state index is 0.0363. The molecule has 20 heavy (non-hydrogen) atoms. The molecule has 2 amide bonds. The minimum atomic E-state index is -0.468. The maximum atomic E-state index is 11.9. The highest BCUT2D eigenvalue weighted by Crippen LogP contribution is 2.09. The first-order chi connectivity index (χ1) is 9.42. The molecule has 0 aromatic heterocycles. The smallest absolute Gasteiger partial charge is 0.238 e. The normalized spacial score (nSPS) is 10.3. The Bertz CT molecular complexity index is 517. The third-order valence-corrected chi connectivity index (χ3v) is 2.73. The van der Waals surface area contributed by atoms with E-state index >= 15 is 0 Å². The molecule has 0 aliphatic carbocycles. The molecule has 0 aliphatic heterocycles. The number of hydrogen-bond acceptors (Lipinski definition) is 4. The van der Waals surface area contributed by atoms with E-state index in [9.17, 15) is 9.59 Å². The van der Waals surface area contributed by atoms with Gasteiger partial charge in [-0.25, -0.2) is 0 Å². The third kappa shape index (κ3) is 5.08. The number of nitrogens with one attached hydrogen (secondary N) is 1. The van der Waals surface area contributed by atoms with Gasteiger partial charge in [0.05, 0.1) is 24.7 Å². The average Bonchev–Trinajstić information content (AvgIpc) is 2.38. The Hall–Kier alpha value is -2.39. The Morgan fingerprint density at radius 1 is 1.30 bits per heavy atom. The van der Waals surface area contributed by atoms with Crippen LogP contribution in [-0.2, 0) is 9.59 Å². The number of rotatable bonds is 6. The van der Waals surface area contributed by atoms with Gasteiger partial charge < -0.3 is 11.1 Å². The Kier molecular flexibility index (Phi) is 5.69. The second kappa shape index (κ2) is 7.26.